The number of ether oxygens (including phenoxy) is 1. The quantitative estimate of drug-likeness (QED) is 0.784. The van der Waals surface area contributed by atoms with Crippen molar-refractivity contribution in [1.82, 2.24) is 5.32 Å². The molecule has 0 unspecified atom stereocenters. The SMILES string of the molecule is CNCCOCc1csc2ccccc12. The van der Waals surface area contributed by atoms with Gasteiger partial charge in [0.2, 0.25) is 0 Å². The van der Waals surface area contributed by atoms with Gasteiger partial charge in [0.05, 0.1) is 13.2 Å². The molecule has 2 aromatic rings. The topological polar surface area (TPSA) is 21.3 Å². The minimum atomic E-state index is 0.714. The molecule has 0 saturated carbocycles. The molecule has 1 N–H and O–H groups in total. The number of benzene rings is 1. The molecule has 0 bridgehead atoms. The summed E-state index contributed by atoms with van der Waals surface area (Å²) in [5.74, 6) is 0. The molecule has 2 nitrogen and oxygen atoms in total. The van der Waals surface area contributed by atoms with Crippen LogP contribution in [-0.4, -0.2) is 20.2 Å². The van der Waals surface area contributed by atoms with Crippen LogP contribution >= 0.6 is 11.3 Å². The summed E-state index contributed by atoms with van der Waals surface area (Å²) in [6, 6.07) is 8.45. The van der Waals surface area contributed by atoms with Crippen LogP contribution in [-0.2, 0) is 11.3 Å². The summed E-state index contributed by atoms with van der Waals surface area (Å²) in [5.41, 5.74) is 1.30. The molecule has 1 aromatic heterocycles. The van der Waals surface area contributed by atoms with Gasteiger partial charge in [0.25, 0.3) is 0 Å². The van der Waals surface area contributed by atoms with Crippen molar-refractivity contribution in [3.8, 4) is 0 Å². The number of hydrogen-bond acceptors (Lipinski definition) is 3. The molecule has 0 saturated heterocycles. The van der Waals surface area contributed by atoms with Crippen LogP contribution in [0.3, 0.4) is 0 Å². The van der Waals surface area contributed by atoms with Crippen molar-refractivity contribution in [2.75, 3.05) is 20.2 Å². The highest BCUT2D eigenvalue weighted by molar-refractivity contribution is 7.17. The van der Waals surface area contributed by atoms with Gasteiger partial charge in [0.1, 0.15) is 0 Å². The van der Waals surface area contributed by atoms with Crippen LogP contribution in [0.15, 0.2) is 29.6 Å². The van der Waals surface area contributed by atoms with Crippen LogP contribution in [0.2, 0.25) is 0 Å². The molecule has 1 heterocycles. The molecule has 80 valence electrons. The average Bonchev–Trinajstić information content (AvgIpc) is 2.68. The minimum absolute atomic E-state index is 0.714. The number of likely N-dealkylation sites (N-methyl/N-ethyl adjacent to an activating group) is 1. The third kappa shape index (κ3) is 2.56. The first kappa shape index (κ1) is 10.6. The van der Waals surface area contributed by atoms with Gasteiger partial charge >= 0.3 is 0 Å². The molecule has 2 rings (SSSR count). The molecular weight excluding hydrogens is 206 g/mol. The first-order valence-corrected chi connectivity index (χ1v) is 5.97. The molecule has 0 radical (unpaired) electrons. The van der Waals surface area contributed by atoms with Crippen LogP contribution in [0.5, 0.6) is 0 Å². The molecule has 0 amide bonds. The van der Waals surface area contributed by atoms with E-state index in [9.17, 15) is 0 Å². The van der Waals surface area contributed by atoms with E-state index >= 15 is 0 Å². The van der Waals surface area contributed by atoms with Gasteiger partial charge in [-0.2, -0.15) is 0 Å². The van der Waals surface area contributed by atoms with E-state index in [-0.39, 0.29) is 0 Å². The van der Waals surface area contributed by atoms with Crippen molar-refractivity contribution in [2.24, 2.45) is 0 Å². The number of hydrogen-bond donors (Lipinski definition) is 1. The Morgan fingerprint density at radius 1 is 1.33 bits per heavy atom. The Labute approximate surface area is 93.9 Å². The van der Waals surface area contributed by atoms with Gasteiger partial charge in [-0.25, -0.2) is 0 Å². The zero-order valence-electron chi connectivity index (χ0n) is 8.82. The summed E-state index contributed by atoms with van der Waals surface area (Å²) >= 11 is 1.78. The van der Waals surface area contributed by atoms with E-state index < -0.39 is 0 Å². The third-order valence-corrected chi connectivity index (χ3v) is 3.33. The molecule has 0 spiro atoms. The van der Waals surface area contributed by atoms with Gasteiger partial charge in [-0.15, -0.1) is 11.3 Å². The maximum atomic E-state index is 5.57. The van der Waals surface area contributed by atoms with Gasteiger partial charge in [-0.05, 0) is 29.4 Å². The fourth-order valence-corrected chi connectivity index (χ4v) is 2.45. The maximum absolute atomic E-state index is 5.57. The number of nitrogens with one attached hydrogen (secondary N) is 1. The Balaban J connectivity index is 2.02. The molecule has 1 aromatic carbocycles. The molecule has 0 fully saturated rings. The predicted molar refractivity (Wildman–Crippen MR) is 65.4 cm³/mol. The lowest BCUT2D eigenvalue weighted by atomic mass is 10.2. The summed E-state index contributed by atoms with van der Waals surface area (Å²) in [5, 5.41) is 6.57. The van der Waals surface area contributed by atoms with Crippen molar-refractivity contribution in [3.63, 3.8) is 0 Å². The summed E-state index contributed by atoms with van der Waals surface area (Å²) in [6.07, 6.45) is 0. The van der Waals surface area contributed by atoms with Gasteiger partial charge in [0, 0.05) is 11.2 Å². The second kappa shape index (κ2) is 5.26. The maximum Gasteiger partial charge on any atom is 0.0731 e. The van der Waals surface area contributed by atoms with Crippen LogP contribution in [0.4, 0.5) is 0 Å². The Morgan fingerprint density at radius 3 is 3.07 bits per heavy atom. The Kier molecular flexibility index (Phi) is 3.72. The van der Waals surface area contributed by atoms with Gasteiger partial charge in [-0.3, -0.25) is 0 Å². The van der Waals surface area contributed by atoms with Gasteiger partial charge in [-0.1, -0.05) is 18.2 Å². The Hall–Kier alpha value is -0.900. The predicted octanol–water partition coefficient (Wildman–Crippen LogP) is 2.64. The first-order chi connectivity index (χ1) is 7.42. The summed E-state index contributed by atoms with van der Waals surface area (Å²) in [6.45, 7) is 2.38. The second-order valence-electron chi connectivity index (χ2n) is 3.41. The van der Waals surface area contributed by atoms with Crippen LogP contribution in [0, 0.1) is 0 Å². The van der Waals surface area contributed by atoms with Crippen molar-refractivity contribution in [3.05, 3.63) is 35.2 Å². The zero-order chi connectivity index (χ0) is 10.5. The van der Waals surface area contributed by atoms with Crippen LogP contribution in [0.1, 0.15) is 5.56 Å². The molecular formula is C12H15NOS. The number of rotatable bonds is 5. The van der Waals surface area contributed by atoms with Crippen molar-refractivity contribution in [2.45, 2.75) is 6.61 Å². The molecule has 0 aliphatic heterocycles. The van der Waals surface area contributed by atoms with E-state index in [1.54, 1.807) is 11.3 Å². The zero-order valence-corrected chi connectivity index (χ0v) is 9.64. The number of fused-ring (bicyclic) bond motifs is 1. The lowest BCUT2D eigenvalue weighted by molar-refractivity contribution is 0.125. The number of thiophene rings is 1. The lowest BCUT2D eigenvalue weighted by Crippen LogP contribution is -2.13. The average molecular weight is 221 g/mol. The Morgan fingerprint density at radius 2 is 2.20 bits per heavy atom. The fourth-order valence-electron chi connectivity index (χ4n) is 1.50. The molecule has 0 aliphatic carbocycles. The lowest BCUT2D eigenvalue weighted by Gasteiger charge is -2.02. The minimum Gasteiger partial charge on any atom is -0.375 e. The summed E-state index contributed by atoms with van der Waals surface area (Å²) < 4.78 is 6.91. The monoisotopic (exact) mass is 221 g/mol. The van der Waals surface area contributed by atoms with Crippen LogP contribution < -0.4 is 5.32 Å². The highest BCUT2D eigenvalue weighted by Crippen LogP contribution is 2.25. The standard InChI is InChI=1S/C12H15NOS/c1-13-6-7-14-8-10-9-15-12-5-3-2-4-11(10)12/h2-5,9,13H,6-8H2,1H3. The van der Waals surface area contributed by atoms with E-state index in [1.807, 2.05) is 7.05 Å². The largest absolute Gasteiger partial charge is 0.375 e. The molecule has 0 aliphatic rings. The Bertz CT molecular complexity index is 424. The van der Waals surface area contributed by atoms with Crippen molar-refractivity contribution < 1.29 is 4.74 Å². The van der Waals surface area contributed by atoms with Gasteiger partial charge < -0.3 is 10.1 Å². The van der Waals surface area contributed by atoms with Crippen LogP contribution in [0.25, 0.3) is 10.1 Å². The van der Waals surface area contributed by atoms with Crippen molar-refractivity contribution in [1.29, 1.82) is 0 Å². The van der Waals surface area contributed by atoms with E-state index in [0.29, 0.717) is 6.61 Å². The highest BCUT2D eigenvalue weighted by Gasteiger charge is 2.02. The molecule has 0 atom stereocenters. The molecule has 3 heteroatoms. The summed E-state index contributed by atoms with van der Waals surface area (Å²) in [7, 11) is 1.93. The van der Waals surface area contributed by atoms with E-state index in [2.05, 4.69) is 35.0 Å². The van der Waals surface area contributed by atoms with E-state index in [0.717, 1.165) is 13.2 Å². The summed E-state index contributed by atoms with van der Waals surface area (Å²) in [4.78, 5) is 0. The third-order valence-electron chi connectivity index (χ3n) is 2.32. The second-order valence-corrected chi connectivity index (χ2v) is 4.32. The van der Waals surface area contributed by atoms with Gasteiger partial charge in [0.15, 0.2) is 0 Å². The molecule has 15 heavy (non-hydrogen) atoms. The van der Waals surface area contributed by atoms with E-state index in [1.165, 1.54) is 15.6 Å². The van der Waals surface area contributed by atoms with E-state index in [4.69, 9.17) is 4.74 Å². The fraction of sp³-hybridized carbons (Fsp3) is 0.333. The highest BCUT2D eigenvalue weighted by atomic mass is 32.1. The first-order valence-electron chi connectivity index (χ1n) is 5.09. The normalized spacial score (nSPS) is 11.0. The van der Waals surface area contributed by atoms with Crippen molar-refractivity contribution >= 4 is 21.4 Å². The smallest absolute Gasteiger partial charge is 0.0731 e.